The molecule has 2 nitrogen and oxygen atoms in total. The van der Waals surface area contributed by atoms with Crippen LogP contribution in [0.25, 0.3) is 0 Å². The van der Waals surface area contributed by atoms with Gasteiger partial charge in [0.05, 0.1) is 6.54 Å². The zero-order valence-electron chi connectivity index (χ0n) is 9.84. The smallest absolute Gasteiger partial charge is 0.108 e. The topological polar surface area (TPSA) is 25.2 Å². The van der Waals surface area contributed by atoms with Crippen molar-refractivity contribution in [3.63, 3.8) is 0 Å². The van der Waals surface area contributed by atoms with E-state index < -0.39 is 5.60 Å². The number of nitrogens with zero attached hydrogens (tertiary/aromatic N) is 1. The Labute approximate surface area is 102 Å². The van der Waals surface area contributed by atoms with E-state index in [4.69, 9.17) is 0 Å². The lowest BCUT2D eigenvalue weighted by molar-refractivity contribution is 0.00159. The molecule has 0 bridgehead atoms. The van der Waals surface area contributed by atoms with Crippen molar-refractivity contribution in [3.8, 4) is 0 Å². The predicted molar refractivity (Wildman–Crippen MR) is 67.7 cm³/mol. The SMILES string of the molecule is OC1(Cn2cccc2)CCCc2ccccc21. The van der Waals surface area contributed by atoms with Gasteiger partial charge in [0.25, 0.3) is 0 Å². The third kappa shape index (κ3) is 1.89. The first-order valence-electron chi connectivity index (χ1n) is 6.19. The van der Waals surface area contributed by atoms with Crippen molar-refractivity contribution in [3.05, 3.63) is 59.9 Å². The lowest BCUT2D eigenvalue weighted by atomic mass is 9.79. The first kappa shape index (κ1) is 10.6. The summed E-state index contributed by atoms with van der Waals surface area (Å²) in [6, 6.07) is 12.3. The molecular weight excluding hydrogens is 210 g/mol. The van der Waals surface area contributed by atoms with Crippen LogP contribution in [0.1, 0.15) is 24.0 Å². The molecule has 2 aromatic rings. The second kappa shape index (κ2) is 4.04. The van der Waals surface area contributed by atoms with Crippen LogP contribution in [0, 0.1) is 0 Å². The molecule has 1 heterocycles. The van der Waals surface area contributed by atoms with Gasteiger partial charge in [0.15, 0.2) is 0 Å². The Hall–Kier alpha value is -1.54. The van der Waals surface area contributed by atoms with Gasteiger partial charge in [-0.3, -0.25) is 0 Å². The lowest BCUT2D eigenvalue weighted by Crippen LogP contribution is -2.34. The minimum absolute atomic E-state index is 0.650. The number of aromatic nitrogens is 1. The van der Waals surface area contributed by atoms with Gasteiger partial charge in [-0.25, -0.2) is 0 Å². The minimum atomic E-state index is -0.701. The Morgan fingerprint density at radius 2 is 1.88 bits per heavy atom. The van der Waals surface area contributed by atoms with Crippen molar-refractivity contribution in [2.75, 3.05) is 0 Å². The Bertz CT molecular complexity index is 503. The van der Waals surface area contributed by atoms with Crippen LogP contribution in [0.2, 0.25) is 0 Å². The van der Waals surface area contributed by atoms with E-state index in [-0.39, 0.29) is 0 Å². The molecule has 1 aromatic carbocycles. The van der Waals surface area contributed by atoms with Crippen LogP contribution < -0.4 is 0 Å². The normalized spacial score (nSPS) is 23.4. The number of benzene rings is 1. The summed E-state index contributed by atoms with van der Waals surface area (Å²) in [4.78, 5) is 0. The first-order chi connectivity index (χ1) is 8.28. The standard InChI is InChI=1S/C15H17NO/c17-15(12-16-10-3-4-11-16)9-5-7-13-6-1-2-8-14(13)15/h1-4,6,8,10-11,17H,5,7,9,12H2. The zero-order valence-corrected chi connectivity index (χ0v) is 9.84. The molecule has 0 spiro atoms. The number of hydrogen-bond acceptors (Lipinski definition) is 1. The molecule has 1 aromatic heterocycles. The summed E-state index contributed by atoms with van der Waals surface area (Å²) in [6.45, 7) is 0.650. The van der Waals surface area contributed by atoms with E-state index in [2.05, 4.69) is 22.8 Å². The van der Waals surface area contributed by atoms with Crippen LogP contribution in [0.4, 0.5) is 0 Å². The summed E-state index contributed by atoms with van der Waals surface area (Å²) in [5.41, 5.74) is 1.71. The highest BCUT2D eigenvalue weighted by Gasteiger charge is 2.34. The molecule has 1 N–H and O–H groups in total. The van der Waals surface area contributed by atoms with E-state index in [1.807, 2.05) is 30.6 Å². The fourth-order valence-electron chi connectivity index (χ4n) is 2.84. The van der Waals surface area contributed by atoms with Gasteiger partial charge in [-0.2, -0.15) is 0 Å². The van der Waals surface area contributed by atoms with E-state index in [1.165, 1.54) is 5.56 Å². The van der Waals surface area contributed by atoms with Crippen molar-refractivity contribution in [1.82, 2.24) is 4.57 Å². The third-order valence-corrected chi connectivity index (χ3v) is 3.67. The molecule has 0 saturated heterocycles. The predicted octanol–water partition coefficient (Wildman–Crippen LogP) is 2.71. The maximum atomic E-state index is 10.9. The van der Waals surface area contributed by atoms with Gasteiger partial charge in [0.1, 0.15) is 5.60 Å². The summed E-state index contributed by atoms with van der Waals surface area (Å²) in [5.74, 6) is 0. The second-order valence-corrected chi connectivity index (χ2v) is 4.90. The van der Waals surface area contributed by atoms with Gasteiger partial charge in [0, 0.05) is 12.4 Å². The summed E-state index contributed by atoms with van der Waals surface area (Å²) >= 11 is 0. The maximum absolute atomic E-state index is 10.9. The Morgan fingerprint density at radius 1 is 1.12 bits per heavy atom. The molecule has 0 aliphatic heterocycles. The molecule has 0 amide bonds. The van der Waals surface area contributed by atoms with Crippen LogP contribution in [0.15, 0.2) is 48.8 Å². The van der Waals surface area contributed by atoms with E-state index in [0.717, 1.165) is 24.8 Å². The molecule has 1 atom stereocenters. The van der Waals surface area contributed by atoms with Crippen LogP contribution in [0.5, 0.6) is 0 Å². The van der Waals surface area contributed by atoms with Gasteiger partial charge >= 0.3 is 0 Å². The molecule has 17 heavy (non-hydrogen) atoms. The summed E-state index contributed by atoms with van der Waals surface area (Å²) < 4.78 is 2.06. The third-order valence-electron chi connectivity index (χ3n) is 3.67. The monoisotopic (exact) mass is 227 g/mol. The molecular formula is C15H17NO. The van der Waals surface area contributed by atoms with Crippen LogP contribution in [0.3, 0.4) is 0 Å². The highest BCUT2D eigenvalue weighted by Crippen LogP contribution is 2.36. The van der Waals surface area contributed by atoms with Crippen LogP contribution in [-0.2, 0) is 18.6 Å². The molecule has 88 valence electrons. The average Bonchev–Trinajstić information content (AvgIpc) is 2.82. The minimum Gasteiger partial charge on any atom is -0.383 e. The first-order valence-corrected chi connectivity index (χ1v) is 6.19. The average molecular weight is 227 g/mol. The number of aryl methyl sites for hydroxylation is 1. The van der Waals surface area contributed by atoms with Crippen molar-refractivity contribution >= 4 is 0 Å². The van der Waals surface area contributed by atoms with E-state index in [0.29, 0.717) is 6.54 Å². The van der Waals surface area contributed by atoms with Gasteiger partial charge in [0.2, 0.25) is 0 Å². The van der Waals surface area contributed by atoms with Gasteiger partial charge < -0.3 is 9.67 Å². The van der Waals surface area contributed by atoms with E-state index in [9.17, 15) is 5.11 Å². The molecule has 3 rings (SSSR count). The summed E-state index contributed by atoms with van der Waals surface area (Å²) in [5, 5.41) is 10.9. The Morgan fingerprint density at radius 3 is 2.71 bits per heavy atom. The van der Waals surface area contributed by atoms with Gasteiger partial charge in [-0.05, 0) is 42.5 Å². The molecule has 1 aliphatic rings. The maximum Gasteiger partial charge on any atom is 0.108 e. The van der Waals surface area contributed by atoms with Crippen molar-refractivity contribution in [1.29, 1.82) is 0 Å². The molecule has 0 radical (unpaired) electrons. The molecule has 1 aliphatic carbocycles. The fraction of sp³-hybridized carbons (Fsp3) is 0.333. The quantitative estimate of drug-likeness (QED) is 0.838. The highest BCUT2D eigenvalue weighted by atomic mass is 16.3. The van der Waals surface area contributed by atoms with Crippen LogP contribution in [-0.4, -0.2) is 9.67 Å². The zero-order chi connectivity index (χ0) is 11.7. The van der Waals surface area contributed by atoms with Crippen molar-refractivity contribution in [2.24, 2.45) is 0 Å². The lowest BCUT2D eigenvalue weighted by Gasteiger charge is -2.34. The fourth-order valence-corrected chi connectivity index (χ4v) is 2.84. The molecule has 0 fully saturated rings. The number of aliphatic hydroxyl groups is 1. The number of fused-ring (bicyclic) bond motifs is 1. The van der Waals surface area contributed by atoms with E-state index >= 15 is 0 Å². The molecule has 1 unspecified atom stereocenters. The van der Waals surface area contributed by atoms with Gasteiger partial charge in [-0.15, -0.1) is 0 Å². The highest BCUT2D eigenvalue weighted by molar-refractivity contribution is 5.34. The van der Waals surface area contributed by atoms with Gasteiger partial charge in [-0.1, -0.05) is 24.3 Å². The number of hydrogen-bond donors (Lipinski definition) is 1. The Kier molecular flexibility index (Phi) is 2.52. The van der Waals surface area contributed by atoms with Crippen molar-refractivity contribution < 1.29 is 5.11 Å². The van der Waals surface area contributed by atoms with Crippen molar-refractivity contribution in [2.45, 2.75) is 31.4 Å². The largest absolute Gasteiger partial charge is 0.383 e. The van der Waals surface area contributed by atoms with E-state index in [1.54, 1.807) is 0 Å². The van der Waals surface area contributed by atoms with Crippen LogP contribution >= 0.6 is 0 Å². The summed E-state index contributed by atoms with van der Waals surface area (Å²) in [7, 11) is 0. The second-order valence-electron chi connectivity index (χ2n) is 4.90. The molecule has 2 heteroatoms. The summed E-state index contributed by atoms with van der Waals surface area (Å²) in [6.07, 6.45) is 7.02. The Balaban J connectivity index is 1.98. The molecule has 0 saturated carbocycles. The number of rotatable bonds is 2.